The first-order valence-electron chi connectivity index (χ1n) is 3.64. The smallest absolute Gasteiger partial charge is 0.117 e. The zero-order valence-corrected chi connectivity index (χ0v) is 5.98. The summed E-state index contributed by atoms with van der Waals surface area (Å²) < 4.78 is 18.3. The number of rotatable bonds is 2. The Labute approximate surface area is 60.0 Å². The SMILES string of the molecule is OCCC1(F)CCOCC1. The Hall–Kier alpha value is -0.150. The molecule has 2 nitrogen and oxygen atoms in total. The van der Waals surface area contributed by atoms with Gasteiger partial charge < -0.3 is 9.84 Å². The highest BCUT2D eigenvalue weighted by Crippen LogP contribution is 2.27. The monoisotopic (exact) mass is 148 g/mol. The molecule has 0 bridgehead atoms. The Bertz CT molecular complexity index is 94.3. The van der Waals surface area contributed by atoms with Crippen LogP contribution in [-0.4, -0.2) is 30.6 Å². The van der Waals surface area contributed by atoms with E-state index in [2.05, 4.69) is 0 Å². The third-order valence-electron chi connectivity index (χ3n) is 1.95. The Morgan fingerprint density at radius 3 is 2.50 bits per heavy atom. The van der Waals surface area contributed by atoms with Gasteiger partial charge in [-0.1, -0.05) is 0 Å². The summed E-state index contributed by atoms with van der Waals surface area (Å²) in [6.45, 7) is 0.934. The van der Waals surface area contributed by atoms with Crippen LogP contribution in [0.2, 0.25) is 0 Å². The molecule has 0 aromatic rings. The summed E-state index contributed by atoms with van der Waals surface area (Å²) in [5, 5.41) is 8.50. The summed E-state index contributed by atoms with van der Waals surface area (Å²) in [5.74, 6) is 0. The number of ether oxygens (including phenoxy) is 1. The molecule has 1 rings (SSSR count). The first kappa shape index (κ1) is 7.95. The summed E-state index contributed by atoms with van der Waals surface area (Å²) >= 11 is 0. The van der Waals surface area contributed by atoms with Gasteiger partial charge in [0.2, 0.25) is 0 Å². The van der Waals surface area contributed by atoms with Crippen molar-refractivity contribution >= 4 is 0 Å². The van der Waals surface area contributed by atoms with E-state index in [-0.39, 0.29) is 13.0 Å². The van der Waals surface area contributed by atoms with Gasteiger partial charge in [0.05, 0.1) is 0 Å². The minimum atomic E-state index is -1.15. The lowest BCUT2D eigenvalue weighted by Crippen LogP contribution is -2.32. The normalized spacial score (nSPS) is 24.6. The number of halogens is 1. The van der Waals surface area contributed by atoms with Crippen LogP contribution in [0.1, 0.15) is 19.3 Å². The van der Waals surface area contributed by atoms with E-state index in [0.29, 0.717) is 26.1 Å². The minimum absolute atomic E-state index is 0.0590. The molecule has 0 radical (unpaired) electrons. The summed E-state index contributed by atoms with van der Waals surface area (Å²) in [6.07, 6.45) is 1.14. The predicted octanol–water partition coefficient (Wildman–Crippen LogP) is 0.887. The molecule has 0 unspecified atom stereocenters. The maximum Gasteiger partial charge on any atom is 0.117 e. The lowest BCUT2D eigenvalue weighted by Gasteiger charge is -2.28. The molecular weight excluding hydrogens is 135 g/mol. The predicted molar refractivity (Wildman–Crippen MR) is 35.6 cm³/mol. The van der Waals surface area contributed by atoms with E-state index < -0.39 is 5.67 Å². The molecule has 0 aromatic heterocycles. The number of hydrogen-bond donors (Lipinski definition) is 1. The van der Waals surface area contributed by atoms with E-state index in [1.54, 1.807) is 0 Å². The van der Waals surface area contributed by atoms with Crippen molar-refractivity contribution in [2.45, 2.75) is 24.9 Å². The molecule has 0 saturated carbocycles. The van der Waals surface area contributed by atoms with Gasteiger partial charge in [0.15, 0.2) is 0 Å². The molecule has 0 aromatic carbocycles. The van der Waals surface area contributed by atoms with Crippen molar-refractivity contribution in [3.63, 3.8) is 0 Å². The van der Waals surface area contributed by atoms with Gasteiger partial charge in [0, 0.05) is 39.1 Å². The standard InChI is InChI=1S/C7H13FO2/c8-7(1-4-9)2-5-10-6-3-7/h9H,1-6H2. The zero-order chi connectivity index (χ0) is 7.45. The van der Waals surface area contributed by atoms with Crippen molar-refractivity contribution in [3.8, 4) is 0 Å². The first-order chi connectivity index (χ1) is 4.77. The zero-order valence-electron chi connectivity index (χ0n) is 5.98. The van der Waals surface area contributed by atoms with E-state index in [9.17, 15) is 4.39 Å². The maximum atomic E-state index is 13.3. The van der Waals surface area contributed by atoms with Gasteiger partial charge >= 0.3 is 0 Å². The van der Waals surface area contributed by atoms with Crippen LogP contribution in [0.3, 0.4) is 0 Å². The molecule has 10 heavy (non-hydrogen) atoms. The van der Waals surface area contributed by atoms with Gasteiger partial charge in [-0.15, -0.1) is 0 Å². The van der Waals surface area contributed by atoms with Crippen LogP contribution in [0.15, 0.2) is 0 Å². The van der Waals surface area contributed by atoms with Crippen LogP contribution in [0.25, 0.3) is 0 Å². The molecular formula is C7H13FO2. The topological polar surface area (TPSA) is 29.5 Å². The fourth-order valence-corrected chi connectivity index (χ4v) is 1.19. The van der Waals surface area contributed by atoms with E-state index in [1.807, 2.05) is 0 Å². The molecule has 0 atom stereocenters. The maximum absolute atomic E-state index is 13.3. The molecule has 0 amide bonds. The highest BCUT2D eigenvalue weighted by atomic mass is 19.1. The van der Waals surface area contributed by atoms with E-state index in [0.717, 1.165) is 0 Å². The summed E-state index contributed by atoms with van der Waals surface area (Å²) in [6, 6.07) is 0. The number of aliphatic hydroxyl groups is 1. The number of aliphatic hydroxyl groups excluding tert-OH is 1. The van der Waals surface area contributed by atoms with Gasteiger partial charge in [-0.3, -0.25) is 0 Å². The second-order valence-corrected chi connectivity index (χ2v) is 2.74. The van der Waals surface area contributed by atoms with Crippen LogP contribution in [-0.2, 0) is 4.74 Å². The van der Waals surface area contributed by atoms with Gasteiger partial charge in [-0.25, -0.2) is 4.39 Å². The Balaban J connectivity index is 2.32. The quantitative estimate of drug-likeness (QED) is 0.630. The van der Waals surface area contributed by atoms with E-state index in [4.69, 9.17) is 9.84 Å². The van der Waals surface area contributed by atoms with Crippen molar-refractivity contribution in [2.24, 2.45) is 0 Å². The second kappa shape index (κ2) is 3.30. The van der Waals surface area contributed by atoms with Gasteiger partial charge in [-0.2, -0.15) is 0 Å². The number of hydrogen-bond acceptors (Lipinski definition) is 2. The minimum Gasteiger partial charge on any atom is -0.396 e. The van der Waals surface area contributed by atoms with Crippen LogP contribution in [0, 0.1) is 0 Å². The van der Waals surface area contributed by atoms with Gasteiger partial charge in [-0.05, 0) is 0 Å². The number of alkyl halides is 1. The molecule has 3 heteroatoms. The third-order valence-corrected chi connectivity index (χ3v) is 1.95. The van der Waals surface area contributed by atoms with Crippen molar-refractivity contribution < 1.29 is 14.2 Å². The van der Waals surface area contributed by atoms with E-state index >= 15 is 0 Å². The summed E-state index contributed by atoms with van der Waals surface area (Å²) in [4.78, 5) is 0. The van der Waals surface area contributed by atoms with Gasteiger partial charge in [0.1, 0.15) is 5.67 Å². The van der Waals surface area contributed by atoms with Crippen LogP contribution in [0.4, 0.5) is 4.39 Å². The molecule has 1 N–H and O–H groups in total. The second-order valence-electron chi connectivity index (χ2n) is 2.74. The average Bonchev–Trinajstić information content (AvgIpc) is 1.89. The van der Waals surface area contributed by atoms with Crippen LogP contribution in [0.5, 0.6) is 0 Å². The first-order valence-corrected chi connectivity index (χ1v) is 3.64. The Kier molecular flexibility index (Phi) is 2.63. The molecule has 1 aliphatic heterocycles. The van der Waals surface area contributed by atoms with Crippen LogP contribution < -0.4 is 0 Å². The molecule has 1 aliphatic rings. The molecule has 60 valence electrons. The van der Waals surface area contributed by atoms with E-state index in [1.165, 1.54) is 0 Å². The molecule has 0 spiro atoms. The Morgan fingerprint density at radius 2 is 2.00 bits per heavy atom. The van der Waals surface area contributed by atoms with Crippen molar-refractivity contribution in [3.05, 3.63) is 0 Å². The Morgan fingerprint density at radius 1 is 1.40 bits per heavy atom. The van der Waals surface area contributed by atoms with Crippen molar-refractivity contribution in [1.29, 1.82) is 0 Å². The molecule has 1 heterocycles. The highest BCUT2D eigenvalue weighted by molar-refractivity contribution is 4.80. The highest BCUT2D eigenvalue weighted by Gasteiger charge is 2.31. The molecule has 0 aliphatic carbocycles. The molecule has 1 saturated heterocycles. The third kappa shape index (κ3) is 1.92. The van der Waals surface area contributed by atoms with Crippen molar-refractivity contribution in [2.75, 3.05) is 19.8 Å². The van der Waals surface area contributed by atoms with Crippen LogP contribution >= 0.6 is 0 Å². The fraction of sp³-hybridized carbons (Fsp3) is 1.00. The lowest BCUT2D eigenvalue weighted by molar-refractivity contribution is -0.0204. The fourth-order valence-electron chi connectivity index (χ4n) is 1.19. The van der Waals surface area contributed by atoms with Gasteiger partial charge in [0.25, 0.3) is 0 Å². The summed E-state index contributed by atoms with van der Waals surface area (Å²) in [5.41, 5.74) is -1.15. The molecule has 1 fully saturated rings. The average molecular weight is 148 g/mol. The largest absolute Gasteiger partial charge is 0.396 e. The lowest BCUT2D eigenvalue weighted by atomic mass is 9.93. The summed E-state index contributed by atoms with van der Waals surface area (Å²) in [7, 11) is 0. The van der Waals surface area contributed by atoms with Crippen molar-refractivity contribution in [1.82, 2.24) is 0 Å².